The summed E-state index contributed by atoms with van der Waals surface area (Å²) in [5, 5.41) is 10.9. The Hall–Kier alpha value is -2.73. The largest absolute Gasteiger partial charge is 0.347 e. The van der Waals surface area contributed by atoms with Crippen LogP contribution in [-0.4, -0.2) is 20.5 Å². The van der Waals surface area contributed by atoms with Gasteiger partial charge < -0.3 is 11.1 Å². The molecule has 1 aromatic carbocycles. The van der Waals surface area contributed by atoms with Gasteiger partial charge in [0, 0.05) is 6.20 Å². The van der Waals surface area contributed by atoms with Crippen molar-refractivity contribution in [2.24, 2.45) is 5.73 Å². The molecule has 2 aromatic heterocycles. The first-order valence-corrected chi connectivity index (χ1v) is 6.62. The number of nitrogens with one attached hydrogen (secondary N) is 1. The van der Waals surface area contributed by atoms with Crippen molar-refractivity contribution in [2.45, 2.75) is 12.6 Å². The first-order chi connectivity index (χ1) is 10.3. The van der Waals surface area contributed by atoms with Crippen molar-refractivity contribution >= 4 is 11.6 Å². The predicted octanol–water partition coefficient (Wildman–Crippen LogP) is 1.05. The number of benzene rings is 1. The van der Waals surface area contributed by atoms with Crippen molar-refractivity contribution in [1.29, 1.82) is 0 Å². The van der Waals surface area contributed by atoms with Gasteiger partial charge in [-0.05, 0) is 17.7 Å². The third-order valence-corrected chi connectivity index (χ3v) is 3.25. The predicted molar refractivity (Wildman–Crippen MR) is 78.2 cm³/mol. The Labute approximate surface area is 121 Å². The van der Waals surface area contributed by atoms with E-state index in [-0.39, 0.29) is 12.5 Å². The van der Waals surface area contributed by atoms with Crippen LogP contribution in [0.15, 0.2) is 54.7 Å². The van der Waals surface area contributed by atoms with E-state index in [1.807, 2.05) is 59.1 Å². The highest BCUT2D eigenvalue weighted by Crippen LogP contribution is 2.09. The number of fused-ring (bicyclic) bond motifs is 1. The van der Waals surface area contributed by atoms with Crippen molar-refractivity contribution in [3.63, 3.8) is 0 Å². The highest BCUT2D eigenvalue weighted by atomic mass is 16.2. The molecule has 0 aliphatic heterocycles. The quantitative estimate of drug-likeness (QED) is 0.748. The minimum Gasteiger partial charge on any atom is -0.347 e. The zero-order valence-electron chi connectivity index (χ0n) is 11.3. The molecule has 3 rings (SSSR count). The fourth-order valence-electron chi connectivity index (χ4n) is 2.10. The second-order valence-electron chi connectivity index (χ2n) is 4.65. The van der Waals surface area contributed by atoms with Crippen LogP contribution in [0.1, 0.15) is 17.4 Å². The van der Waals surface area contributed by atoms with Crippen LogP contribution in [-0.2, 0) is 11.3 Å². The number of amides is 1. The van der Waals surface area contributed by atoms with E-state index in [1.165, 1.54) is 0 Å². The minimum atomic E-state index is -0.689. The van der Waals surface area contributed by atoms with E-state index in [1.54, 1.807) is 0 Å². The smallest absolute Gasteiger partial charge is 0.241 e. The molecule has 3 aromatic rings. The third kappa shape index (κ3) is 2.75. The Morgan fingerprint density at radius 3 is 2.71 bits per heavy atom. The van der Waals surface area contributed by atoms with Gasteiger partial charge >= 0.3 is 0 Å². The Kier molecular flexibility index (Phi) is 3.61. The summed E-state index contributed by atoms with van der Waals surface area (Å²) in [6.07, 6.45) is 1.86. The van der Waals surface area contributed by atoms with Gasteiger partial charge in [0.25, 0.3) is 0 Å². The summed E-state index contributed by atoms with van der Waals surface area (Å²) in [4.78, 5) is 12.1. The fourth-order valence-corrected chi connectivity index (χ4v) is 2.10. The number of hydrogen-bond donors (Lipinski definition) is 2. The SMILES string of the molecule is NC(C(=O)NCc1nnc2ccccn12)c1ccccc1. The lowest BCUT2D eigenvalue weighted by atomic mass is 10.1. The second kappa shape index (κ2) is 5.72. The monoisotopic (exact) mass is 281 g/mol. The van der Waals surface area contributed by atoms with Crippen LogP contribution in [0.5, 0.6) is 0 Å². The zero-order valence-corrected chi connectivity index (χ0v) is 11.3. The molecule has 0 aliphatic carbocycles. The number of aromatic nitrogens is 3. The van der Waals surface area contributed by atoms with Crippen LogP contribution < -0.4 is 11.1 Å². The molecule has 0 spiro atoms. The normalized spacial score (nSPS) is 12.2. The summed E-state index contributed by atoms with van der Waals surface area (Å²) in [6, 6.07) is 14.2. The molecular weight excluding hydrogens is 266 g/mol. The van der Waals surface area contributed by atoms with E-state index >= 15 is 0 Å². The van der Waals surface area contributed by atoms with Crippen molar-refractivity contribution < 1.29 is 4.79 Å². The van der Waals surface area contributed by atoms with E-state index in [9.17, 15) is 4.79 Å². The van der Waals surface area contributed by atoms with E-state index < -0.39 is 6.04 Å². The van der Waals surface area contributed by atoms with Crippen LogP contribution in [0.25, 0.3) is 5.65 Å². The van der Waals surface area contributed by atoms with Crippen molar-refractivity contribution in [3.8, 4) is 0 Å². The number of carbonyl (C=O) groups is 1. The summed E-state index contributed by atoms with van der Waals surface area (Å²) in [5.74, 6) is 0.424. The van der Waals surface area contributed by atoms with Gasteiger partial charge in [0.1, 0.15) is 6.04 Å². The molecule has 1 amide bonds. The average molecular weight is 281 g/mol. The minimum absolute atomic E-state index is 0.242. The Morgan fingerprint density at radius 2 is 1.90 bits per heavy atom. The first-order valence-electron chi connectivity index (χ1n) is 6.62. The summed E-state index contributed by atoms with van der Waals surface area (Å²) in [6.45, 7) is 0.282. The number of nitrogens with zero attached hydrogens (tertiary/aromatic N) is 3. The number of rotatable bonds is 4. The maximum Gasteiger partial charge on any atom is 0.241 e. The maximum atomic E-state index is 12.1. The molecule has 2 heterocycles. The van der Waals surface area contributed by atoms with E-state index in [4.69, 9.17) is 5.73 Å². The lowest BCUT2D eigenvalue weighted by Crippen LogP contribution is -2.34. The molecule has 0 aliphatic rings. The van der Waals surface area contributed by atoms with Gasteiger partial charge in [-0.1, -0.05) is 36.4 Å². The van der Waals surface area contributed by atoms with E-state index in [0.29, 0.717) is 5.82 Å². The summed E-state index contributed by atoms with van der Waals surface area (Å²) < 4.78 is 1.83. The highest BCUT2D eigenvalue weighted by molar-refractivity contribution is 5.82. The molecule has 0 bridgehead atoms. The molecule has 6 nitrogen and oxygen atoms in total. The summed E-state index contributed by atoms with van der Waals surface area (Å²) >= 11 is 0. The van der Waals surface area contributed by atoms with Gasteiger partial charge in [-0.15, -0.1) is 10.2 Å². The van der Waals surface area contributed by atoms with E-state index in [0.717, 1.165) is 11.2 Å². The summed E-state index contributed by atoms with van der Waals surface area (Å²) in [7, 11) is 0. The van der Waals surface area contributed by atoms with Gasteiger partial charge in [0.05, 0.1) is 6.54 Å². The topological polar surface area (TPSA) is 85.3 Å². The molecular formula is C15H15N5O. The molecule has 0 radical (unpaired) electrons. The molecule has 1 unspecified atom stereocenters. The van der Waals surface area contributed by atoms with Gasteiger partial charge in [-0.2, -0.15) is 0 Å². The Bertz CT molecular complexity index is 753. The van der Waals surface area contributed by atoms with Crippen molar-refractivity contribution in [3.05, 3.63) is 66.1 Å². The number of carbonyl (C=O) groups excluding carboxylic acids is 1. The zero-order chi connectivity index (χ0) is 14.7. The highest BCUT2D eigenvalue weighted by Gasteiger charge is 2.15. The molecule has 21 heavy (non-hydrogen) atoms. The van der Waals surface area contributed by atoms with Gasteiger partial charge in [-0.3, -0.25) is 9.20 Å². The lowest BCUT2D eigenvalue weighted by Gasteiger charge is -2.11. The van der Waals surface area contributed by atoms with Crippen LogP contribution in [0.2, 0.25) is 0 Å². The van der Waals surface area contributed by atoms with Crippen LogP contribution in [0.3, 0.4) is 0 Å². The molecule has 106 valence electrons. The van der Waals surface area contributed by atoms with Crippen molar-refractivity contribution in [2.75, 3.05) is 0 Å². The van der Waals surface area contributed by atoms with Gasteiger partial charge in [0.2, 0.25) is 5.91 Å². The molecule has 0 fully saturated rings. The second-order valence-corrected chi connectivity index (χ2v) is 4.65. The molecule has 1 atom stereocenters. The Balaban J connectivity index is 1.69. The number of pyridine rings is 1. The van der Waals surface area contributed by atoms with Crippen molar-refractivity contribution in [1.82, 2.24) is 19.9 Å². The molecule has 0 saturated heterocycles. The molecule has 3 N–H and O–H groups in total. The number of nitrogens with two attached hydrogens (primary N) is 1. The number of hydrogen-bond acceptors (Lipinski definition) is 4. The van der Waals surface area contributed by atoms with Crippen LogP contribution in [0.4, 0.5) is 0 Å². The third-order valence-electron chi connectivity index (χ3n) is 3.25. The molecule has 0 saturated carbocycles. The fraction of sp³-hybridized carbons (Fsp3) is 0.133. The van der Waals surface area contributed by atoms with Gasteiger partial charge in [-0.25, -0.2) is 0 Å². The van der Waals surface area contributed by atoms with E-state index in [2.05, 4.69) is 15.5 Å². The maximum absolute atomic E-state index is 12.1. The van der Waals surface area contributed by atoms with Crippen LogP contribution >= 0.6 is 0 Å². The summed E-state index contributed by atoms with van der Waals surface area (Å²) in [5.41, 5.74) is 7.46. The molecule has 6 heteroatoms. The standard InChI is InChI=1S/C15H15N5O/c16-14(11-6-2-1-3-7-11)15(21)17-10-13-19-18-12-8-4-5-9-20(12)13/h1-9,14H,10,16H2,(H,17,21). The van der Waals surface area contributed by atoms with Crippen LogP contribution in [0, 0.1) is 0 Å². The first kappa shape index (κ1) is 13.3. The van der Waals surface area contributed by atoms with Gasteiger partial charge in [0.15, 0.2) is 11.5 Å². The Morgan fingerprint density at radius 1 is 1.14 bits per heavy atom. The average Bonchev–Trinajstić information content (AvgIpc) is 2.96. The lowest BCUT2D eigenvalue weighted by molar-refractivity contribution is -0.122.